The summed E-state index contributed by atoms with van der Waals surface area (Å²) in [5, 5.41) is 10.1. The Labute approximate surface area is 159 Å². The number of fused-ring (bicyclic) bond motifs is 1. The standard InChI is InChI=1S/C20H27N5O2/c1-3-17-16-7-4-5-8-18(16)25(22-17)20-21-19(27-23-20)15-9-12-24(13-10-15)11-6-14-26-2/h4-5,7-8,15H,3,6,9-14H2,1-2H3. The number of benzene rings is 1. The van der Waals surface area contributed by atoms with Crippen molar-refractivity contribution >= 4 is 10.9 Å². The van der Waals surface area contributed by atoms with Gasteiger partial charge in [0.05, 0.1) is 11.2 Å². The maximum absolute atomic E-state index is 5.62. The van der Waals surface area contributed by atoms with E-state index in [1.807, 2.05) is 12.1 Å². The second kappa shape index (κ2) is 8.19. The zero-order valence-corrected chi connectivity index (χ0v) is 16.1. The molecule has 0 amide bonds. The maximum atomic E-state index is 5.62. The van der Waals surface area contributed by atoms with Crippen LogP contribution in [0.15, 0.2) is 28.8 Å². The van der Waals surface area contributed by atoms with Crippen LogP contribution in [0.3, 0.4) is 0 Å². The summed E-state index contributed by atoms with van der Waals surface area (Å²) in [7, 11) is 1.76. The molecule has 3 aromatic rings. The lowest BCUT2D eigenvalue weighted by Gasteiger charge is -2.30. The van der Waals surface area contributed by atoms with Gasteiger partial charge in [-0.2, -0.15) is 14.8 Å². The van der Waals surface area contributed by atoms with Crippen LogP contribution in [0.1, 0.15) is 43.7 Å². The molecule has 0 bridgehead atoms. The molecule has 144 valence electrons. The third-order valence-electron chi connectivity index (χ3n) is 5.38. The molecule has 1 fully saturated rings. The Morgan fingerprint density at radius 1 is 1.22 bits per heavy atom. The molecule has 1 saturated heterocycles. The van der Waals surface area contributed by atoms with E-state index in [4.69, 9.17) is 14.4 Å². The normalized spacial score (nSPS) is 16.4. The molecular formula is C20H27N5O2. The molecule has 4 rings (SSSR count). The number of aromatic nitrogens is 4. The Morgan fingerprint density at radius 2 is 2.04 bits per heavy atom. The Hall–Kier alpha value is -2.25. The van der Waals surface area contributed by atoms with E-state index in [-0.39, 0.29) is 0 Å². The largest absolute Gasteiger partial charge is 0.385 e. The molecule has 0 saturated carbocycles. The zero-order chi connectivity index (χ0) is 18.6. The third-order valence-corrected chi connectivity index (χ3v) is 5.38. The van der Waals surface area contributed by atoms with Gasteiger partial charge in [0.2, 0.25) is 5.89 Å². The Bertz CT molecular complexity index is 880. The summed E-state index contributed by atoms with van der Waals surface area (Å²) < 4.78 is 12.6. The van der Waals surface area contributed by atoms with E-state index >= 15 is 0 Å². The van der Waals surface area contributed by atoms with Crippen molar-refractivity contribution in [1.29, 1.82) is 0 Å². The molecule has 7 heteroatoms. The summed E-state index contributed by atoms with van der Waals surface area (Å²) in [6, 6.07) is 8.20. The van der Waals surface area contributed by atoms with Crippen molar-refractivity contribution in [2.24, 2.45) is 0 Å². The van der Waals surface area contributed by atoms with Crippen LogP contribution in [0, 0.1) is 0 Å². The Balaban J connectivity index is 1.47. The molecule has 7 nitrogen and oxygen atoms in total. The number of ether oxygens (including phenoxy) is 1. The molecule has 3 heterocycles. The molecule has 0 radical (unpaired) electrons. The number of nitrogens with zero attached hydrogens (tertiary/aromatic N) is 5. The first kappa shape index (κ1) is 18.1. The minimum absolute atomic E-state index is 0.331. The molecule has 0 aliphatic carbocycles. The first-order valence-corrected chi connectivity index (χ1v) is 9.82. The number of rotatable bonds is 7. The molecule has 27 heavy (non-hydrogen) atoms. The van der Waals surface area contributed by atoms with Gasteiger partial charge < -0.3 is 14.2 Å². The highest BCUT2D eigenvalue weighted by molar-refractivity contribution is 5.83. The fraction of sp³-hybridized carbons (Fsp3) is 0.550. The smallest absolute Gasteiger partial charge is 0.291 e. The molecule has 0 unspecified atom stereocenters. The molecule has 1 aliphatic rings. The summed E-state index contributed by atoms with van der Waals surface area (Å²) in [4.78, 5) is 7.17. The molecule has 0 atom stereocenters. The van der Waals surface area contributed by atoms with Crippen LogP contribution in [0.4, 0.5) is 0 Å². The van der Waals surface area contributed by atoms with Crippen LogP contribution in [0.25, 0.3) is 16.9 Å². The van der Waals surface area contributed by atoms with Crippen molar-refractivity contribution in [3.05, 3.63) is 35.9 Å². The lowest BCUT2D eigenvalue weighted by atomic mass is 9.97. The van der Waals surface area contributed by atoms with Crippen molar-refractivity contribution in [3.8, 4) is 5.95 Å². The van der Waals surface area contributed by atoms with E-state index in [1.54, 1.807) is 11.8 Å². The summed E-state index contributed by atoms with van der Waals surface area (Å²) >= 11 is 0. The predicted molar refractivity (Wildman–Crippen MR) is 103 cm³/mol. The fourth-order valence-electron chi connectivity index (χ4n) is 3.86. The van der Waals surface area contributed by atoms with Crippen molar-refractivity contribution in [2.75, 3.05) is 33.4 Å². The van der Waals surface area contributed by atoms with Crippen molar-refractivity contribution in [2.45, 2.75) is 38.5 Å². The van der Waals surface area contributed by atoms with E-state index in [9.17, 15) is 0 Å². The predicted octanol–water partition coefficient (Wildman–Crippen LogP) is 3.19. The number of aryl methyl sites for hydroxylation is 1. The number of hydrogen-bond donors (Lipinski definition) is 0. The Kier molecular flexibility index (Phi) is 5.50. The number of hydrogen-bond acceptors (Lipinski definition) is 6. The monoisotopic (exact) mass is 369 g/mol. The molecule has 1 aliphatic heterocycles. The van der Waals surface area contributed by atoms with Gasteiger partial charge in [-0.05, 0) is 50.0 Å². The quantitative estimate of drug-likeness (QED) is 0.596. The second-order valence-electron chi connectivity index (χ2n) is 7.12. The van der Waals surface area contributed by atoms with Gasteiger partial charge in [-0.15, -0.1) is 0 Å². The molecule has 0 N–H and O–H groups in total. The highest BCUT2D eigenvalue weighted by Gasteiger charge is 2.26. The van der Waals surface area contributed by atoms with Gasteiger partial charge in [0, 0.05) is 31.6 Å². The minimum atomic E-state index is 0.331. The summed E-state index contributed by atoms with van der Waals surface area (Å²) in [5.41, 5.74) is 2.08. The number of methoxy groups -OCH3 is 1. The molecule has 1 aromatic carbocycles. The van der Waals surface area contributed by atoms with E-state index < -0.39 is 0 Å². The van der Waals surface area contributed by atoms with Crippen LogP contribution in [-0.4, -0.2) is 58.2 Å². The van der Waals surface area contributed by atoms with Gasteiger partial charge in [0.1, 0.15) is 0 Å². The highest BCUT2D eigenvalue weighted by atomic mass is 16.5. The lowest BCUT2D eigenvalue weighted by Crippen LogP contribution is -2.34. The Morgan fingerprint density at radius 3 is 2.81 bits per heavy atom. The van der Waals surface area contributed by atoms with Gasteiger partial charge in [-0.25, -0.2) is 0 Å². The molecular weight excluding hydrogens is 342 g/mol. The summed E-state index contributed by atoms with van der Waals surface area (Å²) in [5.74, 6) is 1.60. The molecule has 0 spiro atoms. The van der Waals surface area contributed by atoms with Crippen LogP contribution < -0.4 is 0 Å². The van der Waals surface area contributed by atoms with Gasteiger partial charge in [-0.3, -0.25) is 0 Å². The van der Waals surface area contributed by atoms with Gasteiger partial charge >= 0.3 is 0 Å². The number of para-hydroxylation sites is 1. The van der Waals surface area contributed by atoms with Crippen molar-refractivity contribution < 1.29 is 9.26 Å². The first-order valence-electron chi connectivity index (χ1n) is 9.82. The third kappa shape index (κ3) is 3.75. The van der Waals surface area contributed by atoms with Crippen LogP contribution >= 0.6 is 0 Å². The second-order valence-corrected chi connectivity index (χ2v) is 7.12. The number of likely N-dealkylation sites (tertiary alicyclic amines) is 1. The summed E-state index contributed by atoms with van der Waals surface area (Å²) in [6.07, 6.45) is 4.06. The number of piperidine rings is 1. The van der Waals surface area contributed by atoms with Crippen molar-refractivity contribution in [1.82, 2.24) is 24.8 Å². The lowest BCUT2D eigenvalue weighted by molar-refractivity contribution is 0.152. The van der Waals surface area contributed by atoms with Crippen molar-refractivity contribution in [3.63, 3.8) is 0 Å². The van der Waals surface area contributed by atoms with Crippen LogP contribution in [0.5, 0.6) is 0 Å². The van der Waals surface area contributed by atoms with E-state index in [1.165, 1.54) is 0 Å². The van der Waals surface area contributed by atoms with Gasteiger partial charge in [-0.1, -0.05) is 25.1 Å². The van der Waals surface area contributed by atoms with E-state index in [0.29, 0.717) is 11.9 Å². The fourth-order valence-corrected chi connectivity index (χ4v) is 3.86. The molecule has 2 aromatic heterocycles. The zero-order valence-electron chi connectivity index (χ0n) is 16.1. The maximum Gasteiger partial charge on any atom is 0.291 e. The SMILES string of the molecule is CCc1nn(-c2noc(C3CCN(CCCOC)CC3)n2)c2ccccc12. The average molecular weight is 369 g/mol. The topological polar surface area (TPSA) is 69.2 Å². The average Bonchev–Trinajstić information content (AvgIpc) is 3.33. The van der Waals surface area contributed by atoms with Gasteiger partial charge in [0.25, 0.3) is 5.95 Å². The minimum Gasteiger partial charge on any atom is -0.385 e. The van der Waals surface area contributed by atoms with Crippen LogP contribution in [-0.2, 0) is 11.2 Å². The highest BCUT2D eigenvalue weighted by Crippen LogP contribution is 2.28. The van der Waals surface area contributed by atoms with E-state index in [0.717, 1.165) is 74.4 Å². The van der Waals surface area contributed by atoms with Crippen LogP contribution in [0.2, 0.25) is 0 Å². The van der Waals surface area contributed by atoms with Gasteiger partial charge in [0.15, 0.2) is 0 Å². The van der Waals surface area contributed by atoms with E-state index in [2.05, 4.69) is 34.1 Å². The first-order chi connectivity index (χ1) is 13.3. The summed E-state index contributed by atoms with van der Waals surface area (Å²) in [6.45, 7) is 6.16.